The third-order valence-electron chi connectivity index (χ3n) is 6.81. The van der Waals surface area contributed by atoms with E-state index in [1.54, 1.807) is 0 Å². The summed E-state index contributed by atoms with van der Waals surface area (Å²) in [5, 5.41) is 9.51. The van der Waals surface area contributed by atoms with Gasteiger partial charge in [0.1, 0.15) is 6.10 Å². The van der Waals surface area contributed by atoms with Gasteiger partial charge in [-0.3, -0.25) is 4.79 Å². The fourth-order valence-electron chi connectivity index (χ4n) is 4.29. The predicted octanol–water partition coefficient (Wildman–Crippen LogP) is 10.7. The minimum absolute atomic E-state index is 0.204. The largest absolute Gasteiger partial charge is 0.457 e. The Kier molecular flexibility index (Phi) is 33.2. The number of esters is 1. The van der Waals surface area contributed by atoms with E-state index in [0.717, 1.165) is 44.9 Å². The number of ether oxygens (including phenoxy) is 2. The zero-order chi connectivity index (χ0) is 30.6. The average molecular weight is 585 g/mol. The number of rotatable bonds is 30. The second-order valence-electron chi connectivity index (χ2n) is 10.9. The zero-order valence-corrected chi connectivity index (χ0v) is 27.2. The topological polar surface area (TPSA) is 55.8 Å². The van der Waals surface area contributed by atoms with Gasteiger partial charge in [-0.05, 0) is 51.4 Å². The molecular formula is C38H64O4. The summed E-state index contributed by atoms with van der Waals surface area (Å²) in [6.07, 6.45) is 46.6. The van der Waals surface area contributed by atoms with Crippen molar-refractivity contribution < 1.29 is 19.4 Å². The number of aliphatic hydroxyl groups is 1. The van der Waals surface area contributed by atoms with Gasteiger partial charge in [-0.2, -0.15) is 0 Å². The molecule has 1 N–H and O–H groups in total. The van der Waals surface area contributed by atoms with Crippen LogP contribution in [-0.2, 0) is 14.3 Å². The smallest absolute Gasteiger partial charge is 0.306 e. The molecule has 240 valence electrons. The molecule has 0 rings (SSSR count). The number of carbonyl (C=O) groups is 1. The Morgan fingerprint density at radius 1 is 0.595 bits per heavy atom. The molecule has 0 aliphatic rings. The highest BCUT2D eigenvalue weighted by atomic mass is 16.6. The lowest BCUT2D eigenvalue weighted by Gasteiger charge is -2.15. The summed E-state index contributed by atoms with van der Waals surface area (Å²) in [5.74, 6) is -0.285. The second kappa shape index (κ2) is 35.0. The third kappa shape index (κ3) is 32.3. The molecule has 0 aromatic heterocycles. The van der Waals surface area contributed by atoms with Crippen molar-refractivity contribution in [3.8, 4) is 0 Å². The van der Waals surface area contributed by atoms with Gasteiger partial charge in [0.05, 0.1) is 13.2 Å². The van der Waals surface area contributed by atoms with Crippen molar-refractivity contribution in [3.63, 3.8) is 0 Å². The molecule has 0 bridgehead atoms. The Morgan fingerprint density at radius 3 is 1.48 bits per heavy atom. The standard InChI is InChI=1S/C38H64O4/c1-3-5-7-9-11-13-15-16-17-18-19-20-21-22-23-25-27-29-31-33-38(40)42-37(35-39)36-41-34-32-30-28-26-24-14-12-10-8-6-4-2/h5,7,11,13,16-17,19-20,22-23,27,29,37,39H,3-4,6,8-10,12,14-15,18,21,24-26,28,30-36H2,1-2H3/b7-5-,13-11-,17-16-,20-19-,23-22-,29-27-. The van der Waals surface area contributed by atoms with Crippen molar-refractivity contribution in [3.05, 3.63) is 72.9 Å². The maximum Gasteiger partial charge on any atom is 0.306 e. The Hall–Kier alpha value is -2.17. The normalized spacial score (nSPS) is 13.3. The zero-order valence-electron chi connectivity index (χ0n) is 27.2. The molecule has 1 atom stereocenters. The number of aliphatic hydroxyl groups excluding tert-OH is 1. The summed E-state index contributed by atoms with van der Waals surface area (Å²) in [6, 6.07) is 0. The molecule has 4 heteroatoms. The van der Waals surface area contributed by atoms with Gasteiger partial charge < -0.3 is 14.6 Å². The third-order valence-corrected chi connectivity index (χ3v) is 6.81. The highest BCUT2D eigenvalue weighted by molar-refractivity contribution is 5.69. The molecule has 0 aromatic rings. The van der Waals surface area contributed by atoms with Crippen molar-refractivity contribution >= 4 is 5.97 Å². The van der Waals surface area contributed by atoms with Crippen molar-refractivity contribution in [2.75, 3.05) is 19.8 Å². The lowest BCUT2D eigenvalue weighted by molar-refractivity contribution is -0.154. The maximum atomic E-state index is 12.1. The van der Waals surface area contributed by atoms with E-state index in [1.165, 1.54) is 64.2 Å². The molecular weight excluding hydrogens is 520 g/mol. The number of hydrogen-bond acceptors (Lipinski definition) is 4. The Balaban J connectivity index is 3.66. The lowest BCUT2D eigenvalue weighted by atomic mass is 10.1. The molecule has 0 aromatic carbocycles. The summed E-state index contributed by atoms with van der Waals surface area (Å²) in [5.41, 5.74) is 0. The van der Waals surface area contributed by atoms with Crippen molar-refractivity contribution in [1.82, 2.24) is 0 Å². The molecule has 1 unspecified atom stereocenters. The van der Waals surface area contributed by atoms with Crippen molar-refractivity contribution in [1.29, 1.82) is 0 Å². The Morgan fingerprint density at radius 2 is 1.02 bits per heavy atom. The monoisotopic (exact) mass is 584 g/mol. The van der Waals surface area contributed by atoms with E-state index in [2.05, 4.69) is 80.7 Å². The van der Waals surface area contributed by atoms with Gasteiger partial charge in [-0.25, -0.2) is 0 Å². The molecule has 4 nitrogen and oxygen atoms in total. The molecule has 0 aliphatic carbocycles. The number of hydrogen-bond donors (Lipinski definition) is 1. The van der Waals surface area contributed by atoms with Crippen LogP contribution in [0.15, 0.2) is 72.9 Å². The van der Waals surface area contributed by atoms with Crippen LogP contribution in [0, 0.1) is 0 Å². The Bertz CT molecular complexity index is 744. The van der Waals surface area contributed by atoms with Gasteiger partial charge >= 0.3 is 5.97 Å². The van der Waals surface area contributed by atoms with Crippen LogP contribution in [0.4, 0.5) is 0 Å². The molecule has 0 fully saturated rings. The lowest BCUT2D eigenvalue weighted by Crippen LogP contribution is -2.27. The second-order valence-corrected chi connectivity index (χ2v) is 10.9. The summed E-state index contributed by atoms with van der Waals surface area (Å²) in [7, 11) is 0. The predicted molar refractivity (Wildman–Crippen MR) is 182 cm³/mol. The first-order chi connectivity index (χ1) is 20.7. The first-order valence-electron chi connectivity index (χ1n) is 17.0. The summed E-state index contributed by atoms with van der Waals surface area (Å²) in [6.45, 7) is 5.13. The van der Waals surface area contributed by atoms with Crippen LogP contribution < -0.4 is 0 Å². The van der Waals surface area contributed by atoms with E-state index >= 15 is 0 Å². The van der Waals surface area contributed by atoms with Crippen LogP contribution in [0.3, 0.4) is 0 Å². The van der Waals surface area contributed by atoms with Gasteiger partial charge in [0.25, 0.3) is 0 Å². The minimum atomic E-state index is -0.574. The van der Waals surface area contributed by atoms with Crippen LogP contribution in [0.1, 0.15) is 136 Å². The highest BCUT2D eigenvalue weighted by Gasteiger charge is 2.13. The van der Waals surface area contributed by atoms with E-state index in [0.29, 0.717) is 19.4 Å². The summed E-state index contributed by atoms with van der Waals surface area (Å²) >= 11 is 0. The van der Waals surface area contributed by atoms with Gasteiger partial charge in [-0.15, -0.1) is 0 Å². The van der Waals surface area contributed by atoms with Gasteiger partial charge in [0, 0.05) is 13.0 Å². The first kappa shape index (κ1) is 39.8. The quantitative estimate of drug-likeness (QED) is 0.0518. The molecule has 0 amide bonds. The van der Waals surface area contributed by atoms with Gasteiger partial charge in [-0.1, -0.05) is 151 Å². The first-order valence-corrected chi connectivity index (χ1v) is 17.0. The fourth-order valence-corrected chi connectivity index (χ4v) is 4.29. The summed E-state index contributed by atoms with van der Waals surface area (Å²) in [4.78, 5) is 12.1. The average Bonchev–Trinajstić information content (AvgIpc) is 3.00. The molecule has 0 heterocycles. The SMILES string of the molecule is CC/C=C\C/C=C\C/C=C\C/C=C\C/C=C\C/C=C\CCC(=O)OC(CO)COCCCCCCCCCCCCC. The summed E-state index contributed by atoms with van der Waals surface area (Å²) < 4.78 is 11.0. The number of carbonyl (C=O) groups excluding carboxylic acids is 1. The maximum absolute atomic E-state index is 12.1. The van der Waals surface area contributed by atoms with E-state index in [-0.39, 0.29) is 19.2 Å². The molecule has 0 saturated heterocycles. The van der Waals surface area contributed by atoms with Crippen LogP contribution in [0.5, 0.6) is 0 Å². The van der Waals surface area contributed by atoms with Crippen molar-refractivity contribution in [2.45, 2.75) is 142 Å². The van der Waals surface area contributed by atoms with E-state index in [4.69, 9.17) is 9.47 Å². The van der Waals surface area contributed by atoms with Crippen LogP contribution in [0.2, 0.25) is 0 Å². The van der Waals surface area contributed by atoms with Gasteiger partial charge in [0.2, 0.25) is 0 Å². The molecule has 42 heavy (non-hydrogen) atoms. The molecule has 0 saturated carbocycles. The van der Waals surface area contributed by atoms with Crippen LogP contribution >= 0.6 is 0 Å². The van der Waals surface area contributed by atoms with Gasteiger partial charge in [0.15, 0.2) is 0 Å². The highest BCUT2D eigenvalue weighted by Crippen LogP contribution is 2.11. The van der Waals surface area contributed by atoms with E-state index in [9.17, 15) is 9.90 Å². The fraction of sp³-hybridized carbons (Fsp3) is 0.658. The molecule has 0 aliphatic heterocycles. The molecule has 0 spiro atoms. The number of unbranched alkanes of at least 4 members (excludes halogenated alkanes) is 10. The van der Waals surface area contributed by atoms with E-state index < -0.39 is 6.10 Å². The Labute approximate surface area is 259 Å². The van der Waals surface area contributed by atoms with Crippen LogP contribution in [0.25, 0.3) is 0 Å². The van der Waals surface area contributed by atoms with Crippen molar-refractivity contribution in [2.24, 2.45) is 0 Å². The van der Waals surface area contributed by atoms with E-state index in [1.807, 2.05) is 6.08 Å². The minimum Gasteiger partial charge on any atom is -0.457 e. The van der Waals surface area contributed by atoms with Crippen LogP contribution in [-0.4, -0.2) is 37.0 Å². The molecule has 0 radical (unpaired) electrons. The number of allylic oxidation sites excluding steroid dienone is 12.